The van der Waals surface area contributed by atoms with E-state index in [-0.39, 0.29) is 11.9 Å². The Kier molecular flexibility index (Phi) is 4.81. The highest BCUT2D eigenvalue weighted by atomic mass is 16.5. The molecule has 0 aromatic rings. The molecule has 2 aliphatic rings. The number of carbonyl (C=O) groups is 1. The van der Waals surface area contributed by atoms with Gasteiger partial charge in [-0.3, -0.25) is 9.69 Å². The summed E-state index contributed by atoms with van der Waals surface area (Å²) in [6.07, 6.45) is 3.54. The Bertz CT molecular complexity index is 310. The van der Waals surface area contributed by atoms with E-state index in [1.54, 1.807) is 0 Å². The first-order valence-corrected chi connectivity index (χ1v) is 7.31. The molecule has 0 spiro atoms. The average molecular weight is 270 g/mol. The van der Waals surface area contributed by atoms with Gasteiger partial charge >= 0.3 is 0 Å². The van der Waals surface area contributed by atoms with Crippen LogP contribution in [0.15, 0.2) is 0 Å². The van der Waals surface area contributed by atoms with Crippen molar-refractivity contribution in [3.63, 3.8) is 0 Å². The molecule has 0 radical (unpaired) electrons. The van der Waals surface area contributed by atoms with Crippen LogP contribution in [-0.4, -0.2) is 72.4 Å². The lowest BCUT2D eigenvalue weighted by molar-refractivity contribution is -0.137. The SMILES string of the molecule is CC(C(=O)N1CCCC1)N(C)CC1(O)CCOCC1. The molecule has 2 saturated heterocycles. The van der Waals surface area contributed by atoms with E-state index in [0.29, 0.717) is 32.6 Å². The molecule has 0 aliphatic carbocycles. The zero-order chi connectivity index (χ0) is 13.9. The number of hydrogen-bond donors (Lipinski definition) is 1. The van der Waals surface area contributed by atoms with Crippen molar-refractivity contribution in [2.75, 3.05) is 39.9 Å². The summed E-state index contributed by atoms with van der Waals surface area (Å²) in [6, 6.07) is -0.162. The van der Waals surface area contributed by atoms with Crippen molar-refractivity contribution in [1.29, 1.82) is 0 Å². The molecule has 2 aliphatic heterocycles. The van der Waals surface area contributed by atoms with Crippen molar-refractivity contribution in [2.45, 2.75) is 44.2 Å². The Morgan fingerprint density at radius 3 is 2.53 bits per heavy atom. The Morgan fingerprint density at radius 2 is 1.95 bits per heavy atom. The minimum atomic E-state index is -0.702. The number of likely N-dealkylation sites (tertiary alicyclic amines) is 1. The summed E-state index contributed by atoms with van der Waals surface area (Å²) in [7, 11) is 1.92. The summed E-state index contributed by atoms with van der Waals surface area (Å²) in [5.41, 5.74) is -0.702. The highest BCUT2D eigenvalue weighted by Crippen LogP contribution is 2.22. The minimum Gasteiger partial charge on any atom is -0.388 e. The van der Waals surface area contributed by atoms with Gasteiger partial charge in [-0.25, -0.2) is 0 Å². The van der Waals surface area contributed by atoms with Crippen molar-refractivity contribution in [1.82, 2.24) is 9.80 Å². The molecule has 2 rings (SSSR count). The molecule has 1 atom stereocenters. The molecule has 0 saturated carbocycles. The lowest BCUT2D eigenvalue weighted by Crippen LogP contribution is -2.52. The number of likely N-dealkylation sites (N-methyl/N-ethyl adjacent to an activating group) is 1. The predicted molar refractivity (Wildman–Crippen MR) is 72.9 cm³/mol. The monoisotopic (exact) mass is 270 g/mol. The molecular weight excluding hydrogens is 244 g/mol. The summed E-state index contributed by atoms with van der Waals surface area (Å²) in [6.45, 7) is 5.46. The second kappa shape index (κ2) is 6.20. The highest BCUT2D eigenvalue weighted by Gasteiger charge is 2.34. The lowest BCUT2D eigenvalue weighted by Gasteiger charge is -2.37. The van der Waals surface area contributed by atoms with E-state index in [1.165, 1.54) is 0 Å². The van der Waals surface area contributed by atoms with Gasteiger partial charge in [0.2, 0.25) is 5.91 Å². The maximum atomic E-state index is 12.3. The van der Waals surface area contributed by atoms with Crippen LogP contribution in [0, 0.1) is 0 Å². The van der Waals surface area contributed by atoms with E-state index < -0.39 is 5.60 Å². The molecule has 1 N–H and O–H groups in total. The van der Waals surface area contributed by atoms with Gasteiger partial charge in [0, 0.05) is 45.7 Å². The molecular formula is C14H26N2O3. The largest absolute Gasteiger partial charge is 0.388 e. The fourth-order valence-electron chi connectivity index (χ4n) is 2.90. The first-order chi connectivity index (χ1) is 9.02. The topological polar surface area (TPSA) is 53.0 Å². The molecule has 5 heteroatoms. The summed E-state index contributed by atoms with van der Waals surface area (Å²) >= 11 is 0. The van der Waals surface area contributed by atoms with Crippen LogP contribution in [0.4, 0.5) is 0 Å². The van der Waals surface area contributed by atoms with Crippen LogP contribution in [0.2, 0.25) is 0 Å². The molecule has 0 aromatic carbocycles. The zero-order valence-electron chi connectivity index (χ0n) is 12.1. The summed E-state index contributed by atoms with van der Waals surface area (Å²) < 4.78 is 5.28. The molecule has 1 amide bonds. The molecule has 5 nitrogen and oxygen atoms in total. The smallest absolute Gasteiger partial charge is 0.239 e. The second-order valence-corrected chi connectivity index (χ2v) is 5.96. The van der Waals surface area contributed by atoms with E-state index in [2.05, 4.69) is 0 Å². The normalized spacial score (nSPS) is 24.7. The number of rotatable bonds is 4. The van der Waals surface area contributed by atoms with Crippen LogP contribution in [-0.2, 0) is 9.53 Å². The van der Waals surface area contributed by atoms with Gasteiger partial charge in [-0.15, -0.1) is 0 Å². The van der Waals surface area contributed by atoms with E-state index >= 15 is 0 Å². The number of ether oxygens (including phenoxy) is 1. The van der Waals surface area contributed by atoms with E-state index in [9.17, 15) is 9.90 Å². The third-order valence-electron chi connectivity index (χ3n) is 4.40. The van der Waals surface area contributed by atoms with E-state index in [4.69, 9.17) is 4.74 Å². The van der Waals surface area contributed by atoms with Crippen molar-refractivity contribution < 1.29 is 14.6 Å². The van der Waals surface area contributed by atoms with Gasteiger partial charge in [0.25, 0.3) is 0 Å². The van der Waals surface area contributed by atoms with Crippen molar-refractivity contribution in [3.05, 3.63) is 0 Å². The molecule has 19 heavy (non-hydrogen) atoms. The third-order valence-corrected chi connectivity index (χ3v) is 4.40. The Morgan fingerprint density at radius 1 is 1.37 bits per heavy atom. The van der Waals surface area contributed by atoms with Crippen LogP contribution >= 0.6 is 0 Å². The molecule has 0 bridgehead atoms. The number of nitrogens with zero attached hydrogens (tertiary/aromatic N) is 2. The second-order valence-electron chi connectivity index (χ2n) is 5.96. The van der Waals surface area contributed by atoms with Gasteiger partial charge in [0.1, 0.15) is 0 Å². The Labute approximate surface area is 115 Å². The van der Waals surface area contributed by atoms with Gasteiger partial charge in [-0.1, -0.05) is 0 Å². The fraction of sp³-hybridized carbons (Fsp3) is 0.929. The first kappa shape index (κ1) is 14.8. The molecule has 2 fully saturated rings. The van der Waals surface area contributed by atoms with Crippen LogP contribution in [0.5, 0.6) is 0 Å². The highest BCUT2D eigenvalue weighted by molar-refractivity contribution is 5.81. The summed E-state index contributed by atoms with van der Waals surface area (Å²) in [5, 5.41) is 10.5. The van der Waals surface area contributed by atoms with Crippen LogP contribution in [0.3, 0.4) is 0 Å². The fourth-order valence-corrected chi connectivity index (χ4v) is 2.90. The van der Waals surface area contributed by atoms with Crippen molar-refractivity contribution >= 4 is 5.91 Å². The standard InChI is InChI=1S/C14H26N2O3/c1-12(13(17)16-7-3-4-8-16)15(2)11-14(18)5-9-19-10-6-14/h12,18H,3-11H2,1-2H3. The molecule has 0 aromatic heterocycles. The van der Waals surface area contributed by atoms with Gasteiger partial charge in [-0.2, -0.15) is 0 Å². The van der Waals surface area contributed by atoms with Crippen LogP contribution in [0.1, 0.15) is 32.6 Å². The lowest BCUT2D eigenvalue weighted by atomic mass is 9.93. The van der Waals surface area contributed by atoms with Gasteiger partial charge in [0.15, 0.2) is 0 Å². The van der Waals surface area contributed by atoms with E-state index in [0.717, 1.165) is 25.9 Å². The molecule has 2 heterocycles. The predicted octanol–water partition coefficient (Wildman–Crippen LogP) is 0.471. The number of amides is 1. The van der Waals surface area contributed by atoms with Crippen molar-refractivity contribution in [2.24, 2.45) is 0 Å². The Balaban J connectivity index is 1.87. The van der Waals surface area contributed by atoms with Gasteiger partial charge in [-0.05, 0) is 26.8 Å². The zero-order valence-corrected chi connectivity index (χ0v) is 12.1. The van der Waals surface area contributed by atoms with Crippen LogP contribution < -0.4 is 0 Å². The maximum Gasteiger partial charge on any atom is 0.239 e. The Hall–Kier alpha value is -0.650. The summed E-state index contributed by atoms with van der Waals surface area (Å²) in [4.78, 5) is 16.2. The maximum absolute atomic E-state index is 12.3. The van der Waals surface area contributed by atoms with Crippen molar-refractivity contribution in [3.8, 4) is 0 Å². The average Bonchev–Trinajstić information content (AvgIpc) is 2.91. The van der Waals surface area contributed by atoms with Gasteiger partial charge < -0.3 is 14.7 Å². The minimum absolute atomic E-state index is 0.162. The first-order valence-electron chi connectivity index (χ1n) is 7.31. The molecule has 1 unspecified atom stereocenters. The summed E-state index contributed by atoms with van der Waals surface area (Å²) in [5.74, 6) is 0.190. The molecule has 110 valence electrons. The number of hydrogen-bond acceptors (Lipinski definition) is 4. The van der Waals surface area contributed by atoms with Crippen LogP contribution in [0.25, 0.3) is 0 Å². The van der Waals surface area contributed by atoms with Gasteiger partial charge in [0.05, 0.1) is 11.6 Å². The third kappa shape index (κ3) is 3.68. The number of aliphatic hydroxyl groups is 1. The quantitative estimate of drug-likeness (QED) is 0.807. The van der Waals surface area contributed by atoms with E-state index in [1.807, 2.05) is 23.8 Å². The number of carbonyl (C=O) groups excluding carboxylic acids is 1.